The highest BCUT2D eigenvalue weighted by Crippen LogP contribution is 2.17. The zero-order valence-corrected chi connectivity index (χ0v) is 15.8. The van der Waals surface area contributed by atoms with Gasteiger partial charge in [0.25, 0.3) is 11.6 Å². The van der Waals surface area contributed by atoms with Gasteiger partial charge in [0.2, 0.25) is 0 Å². The molecule has 9 nitrogen and oxygen atoms in total. The van der Waals surface area contributed by atoms with Gasteiger partial charge in [0, 0.05) is 18.6 Å². The van der Waals surface area contributed by atoms with Crippen molar-refractivity contribution in [2.75, 3.05) is 13.2 Å². The van der Waals surface area contributed by atoms with Gasteiger partial charge in [-0.1, -0.05) is 35.0 Å². The number of oxime groups is 1. The lowest BCUT2D eigenvalue weighted by atomic mass is 10.0. The highest BCUT2D eigenvalue weighted by molar-refractivity contribution is 6.01. The molecule has 1 atom stereocenters. The molecule has 1 amide bonds. The number of ether oxygens (including phenoxy) is 1. The Hall–Kier alpha value is -3.59. The molecule has 0 spiro atoms. The van der Waals surface area contributed by atoms with E-state index < -0.39 is 10.8 Å². The smallest absolute Gasteiger partial charge is 0.269 e. The Labute approximate surface area is 167 Å². The van der Waals surface area contributed by atoms with Crippen molar-refractivity contribution in [3.05, 3.63) is 75.3 Å². The Morgan fingerprint density at radius 3 is 2.72 bits per heavy atom. The highest BCUT2D eigenvalue weighted by atomic mass is 16.7. The van der Waals surface area contributed by atoms with Gasteiger partial charge in [-0.3, -0.25) is 14.9 Å². The first-order valence-electron chi connectivity index (χ1n) is 8.95. The largest absolute Gasteiger partial charge is 0.389 e. The molecule has 1 unspecified atom stereocenters. The molecule has 2 aromatic rings. The second-order valence-corrected chi connectivity index (χ2v) is 6.49. The Kier molecular flexibility index (Phi) is 6.64. The van der Waals surface area contributed by atoms with Crippen LogP contribution >= 0.6 is 0 Å². The molecule has 0 aromatic heterocycles. The van der Waals surface area contributed by atoms with E-state index in [9.17, 15) is 14.9 Å². The van der Waals surface area contributed by atoms with Gasteiger partial charge >= 0.3 is 0 Å². The summed E-state index contributed by atoms with van der Waals surface area (Å²) in [4.78, 5) is 27.2. The minimum atomic E-state index is -0.483. The number of hydrazone groups is 1. The number of nitrogens with zero attached hydrogens (tertiary/aromatic N) is 3. The number of nitro benzene ring substituents is 1. The van der Waals surface area contributed by atoms with E-state index in [1.165, 1.54) is 36.0 Å². The van der Waals surface area contributed by atoms with Crippen molar-refractivity contribution in [3.63, 3.8) is 0 Å². The van der Waals surface area contributed by atoms with Crippen LogP contribution in [0.2, 0.25) is 0 Å². The normalized spacial score (nSPS) is 15.8. The summed E-state index contributed by atoms with van der Waals surface area (Å²) >= 11 is 0. The number of hydrogen-bond acceptors (Lipinski definition) is 7. The second-order valence-electron chi connectivity index (χ2n) is 6.49. The van der Waals surface area contributed by atoms with Crippen LogP contribution in [-0.2, 0) is 14.4 Å². The average Bonchev–Trinajstić information content (AvgIpc) is 3.18. The van der Waals surface area contributed by atoms with Crippen molar-refractivity contribution in [2.24, 2.45) is 10.3 Å². The molecule has 0 fully saturated rings. The van der Waals surface area contributed by atoms with Crippen molar-refractivity contribution in [3.8, 4) is 0 Å². The summed E-state index contributed by atoms with van der Waals surface area (Å²) in [7, 11) is 0. The number of non-ortho nitro benzene ring substituents is 1. The van der Waals surface area contributed by atoms with E-state index in [1.807, 2.05) is 31.2 Å². The summed E-state index contributed by atoms with van der Waals surface area (Å²) in [6, 6.07) is 13.8. The Morgan fingerprint density at radius 2 is 2.03 bits per heavy atom. The first-order valence-corrected chi connectivity index (χ1v) is 8.95. The van der Waals surface area contributed by atoms with Crippen molar-refractivity contribution in [1.82, 2.24) is 5.43 Å². The summed E-state index contributed by atoms with van der Waals surface area (Å²) in [5.74, 6) is -0.416. The van der Waals surface area contributed by atoms with Crippen LogP contribution in [0.25, 0.3) is 0 Å². The minimum Gasteiger partial charge on any atom is -0.389 e. The molecule has 150 valence electrons. The summed E-state index contributed by atoms with van der Waals surface area (Å²) in [5.41, 5.74) is 5.99. The standard InChI is InChI=1S/C20H20N4O5/c1-14-2-6-16(7-3-14)19-10-18(29-23-19)12-28-13-20(25)22-21-11-15-4-8-17(9-5-15)24(26)27/h2-9,11,18H,10,12-13H2,1H3,(H,22,25)/b21-11+. The number of carbonyl (C=O) groups excluding carboxylic acids is 1. The van der Waals surface area contributed by atoms with Crippen LogP contribution in [0.1, 0.15) is 23.1 Å². The fraction of sp³-hybridized carbons (Fsp3) is 0.250. The number of rotatable bonds is 8. The van der Waals surface area contributed by atoms with Gasteiger partial charge in [-0.2, -0.15) is 5.10 Å². The maximum Gasteiger partial charge on any atom is 0.269 e. The van der Waals surface area contributed by atoms with Crippen molar-refractivity contribution in [2.45, 2.75) is 19.4 Å². The number of nitrogens with one attached hydrogen (secondary N) is 1. The number of nitro groups is 1. The van der Waals surface area contributed by atoms with E-state index in [0.717, 1.165) is 11.3 Å². The van der Waals surface area contributed by atoms with E-state index in [2.05, 4.69) is 15.7 Å². The van der Waals surface area contributed by atoms with Gasteiger partial charge in [-0.15, -0.1) is 0 Å². The molecule has 0 saturated heterocycles. The molecule has 29 heavy (non-hydrogen) atoms. The topological polar surface area (TPSA) is 115 Å². The van der Waals surface area contributed by atoms with Gasteiger partial charge in [-0.05, 0) is 30.2 Å². The molecule has 1 aliphatic heterocycles. The first-order chi connectivity index (χ1) is 14.0. The van der Waals surface area contributed by atoms with Gasteiger partial charge < -0.3 is 9.57 Å². The highest BCUT2D eigenvalue weighted by Gasteiger charge is 2.22. The van der Waals surface area contributed by atoms with Crippen molar-refractivity contribution < 1.29 is 19.3 Å². The summed E-state index contributed by atoms with van der Waals surface area (Å²) in [5, 5.41) is 18.5. The molecule has 0 aliphatic carbocycles. The lowest BCUT2D eigenvalue weighted by Gasteiger charge is -2.08. The number of amides is 1. The third-order valence-corrected chi connectivity index (χ3v) is 4.16. The Balaban J connectivity index is 1.35. The van der Waals surface area contributed by atoms with E-state index >= 15 is 0 Å². The zero-order chi connectivity index (χ0) is 20.6. The molecule has 1 N–H and O–H groups in total. The van der Waals surface area contributed by atoms with Gasteiger partial charge in [0.1, 0.15) is 6.61 Å². The van der Waals surface area contributed by atoms with Crippen molar-refractivity contribution in [1.29, 1.82) is 0 Å². The van der Waals surface area contributed by atoms with Gasteiger partial charge in [-0.25, -0.2) is 5.43 Å². The lowest BCUT2D eigenvalue weighted by Crippen LogP contribution is -2.26. The predicted molar refractivity (Wildman–Crippen MR) is 107 cm³/mol. The van der Waals surface area contributed by atoms with E-state index in [4.69, 9.17) is 9.57 Å². The fourth-order valence-corrected chi connectivity index (χ4v) is 2.61. The minimum absolute atomic E-state index is 0.0109. The van der Waals surface area contributed by atoms with E-state index in [-0.39, 0.29) is 25.0 Å². The predicted octanol–water partition coefficient (Wildman–Crippen LogP) is 2.56. The number of hydrogen-bond donors (Lipinski definition) is 1. The van der Waals surface area contributed by atoms with Crippen LogP contribution in [0.15, 0.2) is 58.8 Å². The third kappa shape index (κ3) is 5.94. The Morgan fingerprint density at radius 1 is 1.31 bits per heavy atom. The Bertz CT molecular complexity index is 923. The van der Waals surface area contributed by atoms with Gasteiger partial charge in [0.05, 0.1) is 23.5 Å². The molecule has 0 bridgehead atoms. The summed E-state index contributed by atoms with van der Waals surface area (Å²) in [6.07, 6.45) is 1.77. The third-order valence-electron chi connectivity index (χ3n) is 4.16. The fourth-order valence-electron chi connectivity index (χ4n) is 2.61. The number of carbonyl (C=O) groups is 1. The first kappa shape index (κ1) is 20.2. The quantitative estimate of drug-likeness (QED) is 0.418. The van der Waals surface area contributed by atoms with Crippen LogP contribution in [0, 0.1) is 17.0 Å². The van der Waals surface area contributed by atoms with E-state index in [0.29, 0.717) is 12.0 Å². The number of benzene rings is 2. The maximum absolute atomic E-state index is 11.8. The number of aryl methyl sites for hydroxylation is 1. The lowest BCUT2D eigenvalue weighted by molar-refractivity contribution is -0.384. The van der Waals surface area contributed by atoms with Crippen LogP contribution in [-0.4, -0.2) is 42.1 Å². The molecular weight excluding hydrogens is 376 g/mol. The molecule has 1 aliphatic rings. The molecule has 1 heterocycles. The van der Waals surface area contributed by atoms with Crippen LogP contribution in [0.5, 0.6) is 0 Å². The molecular formula is C20H20N4O5. The SMILES string of the molecule is Cc1ccc(C2=NOC(COCC(=O)N/N=C/c3ccc([N+](=O)[O-])cc3)C2)cc1. The average molecular weight is 396 g/mol. The zero-order valence-electron chi connectivity index (χ0n) is 15.8. The van der Waals surface area contributed by atoms with Crippen LogP contribution in [0.4, 0.5) is 5.69 Å². The van der Waals surface area contributed by atoms with Crippen LogP contribution in [0.3, 0.4) is 0 Å². The molecule has 0 saturated carbocycles. The summed E-state index contributed by atoms with van der Waals surface area (Å²) < 4.78 is 5.37. The van der Waals surface area contributed by atoms with Gasteiger partial charge in [0.15, 0.2) is 6.10 Å². The van der Waals surface area contributed by atoms with E-state index in [1.54, 1.807) is 0 Å². The maximum atomic E-state index is 11.8. The molecule has 3 rings (SSSR count). The molecule has 2 aromatic carbocycles. The molecule has 0 radical (unpaired) electrons. The second kappa shape index (κ2) is 9.56. The summed E-state index contributed by atoms with van der Waals surface area (Å²) in [6.45, 7) is 2.09. The van der Waals surface area contributed by atoms with Crippen LogP contribution < -0.4 is 5.43 Å². The van der Waals surface area contributed by atoms with Crippen molar-refractivity contribution >= 4 is 23.5 Å². The monoisotopic (exact) mass is 396 g/mol. The molecule has 9 heteroatoms.